The van der Waals surface area contributed by atoms with Gasteiger partial charge in [-0.15, -0.1) is 0 Å². The molecular formula is C11H7BrO2. The zero-order valence-corrected chi connectivity index (χ0v) is 8.78. The van der Waals surface area contributed by atoms with Crippen molar-refractivity contribution in [2.75, 3.05) is 0 Å². The van der Waals surface area contributed by atoms with Gasteiger partial charge in [-0.2, -0.15) is 0 Å². The molecule has 2 aromatic rings. The van der Waals surface area contributed by atoms with Gasteiger partial charge in [0.25, 0.3) is 0 Å². The van der Waals surface area contributed by atoms with Crippen LogP contribution in [0.5, 0.6) is 5.75 Å². The van der Waals surface area contributed by atoms with Crippen LogP contribution in [0.3, 0.4) is 0 Å². The molecule has 3 heteroatoms. The number of aldehydes is 1. The molecule has 14 heavy (non-hydrogen) atoms. The van der Waals surface area contributed by atoms with Crippen LogP contribution in [0.2, 0.25) is 0 Å². The van der Waals surface area contributed by atoms with Crippen LogP contribution in [-0.2, 0) is 0 Å². The van der Waals surface area contributed by atoms with Crippen LogP contribution < -0.4 is 0 Å². The van der Waals surface area contributed by atoms with Crippen LogP contribution >= 0.6 is 15.9 Å². The maximum absolute atomic E-state index is 10.8. The number of carbonyl (C=O) groups excluding carboxylic acids is 1. The normalized spacial score (nSPS) is 10.4. The lowest BCUT2D eigenvalue weighted by Crippen LogP contribution is -1.83. The Bertz CT molecular complexity index is 506. The standard InChI is InChI=1S/C11H7BrO2/c12-9-3-7-1-2-10(14)5-11(7)8(4-9)6-13/h1-6,14H. The van der Waals surface area contributed by atoms with Gasteiger partial charge in [-0.25, -0.2) is 0 Å². The van der Waals surface area contributed by atoms with Crippen molar-refractivity contribution in [1.82, 2.24) is 0 Å². The fraction of sp³-hybridized carbons (Fsp3) is 0. The van der Waals surface area contributed by atoms with Gasteiger partial charge in [-0.1, -0.05) is 22.0 Å². The Morgan fingerprint density at radius 2 is 2.00 bits per heavy atom. The van der Waals surface area contributed by atoms with E-state index in [1.54, 1.807) is 24.3 Å². The molecule has 2 rings (SSSR count). The topological polar surface area (TPSA) is 37.3 Å². The summed E-state index contributed by atoms with van der Waals surface area (Å²) in [7, 11) is 0. The van der Waals surface area contributed by atoms with Gasteiger partial charge in [0.15, 0.2) is 6.29 Å². The van der Waals surface area contributed by atoms with Gasteiger partial charge in [-0.05, 0) is 35.0 Å². The van der Waals surface area contributed by atoms with Gasteiger partial charge in [-0.3, -0.25) is 4.79 Å². The van der Waals surface area contributed by atoms with Crippen molar-refractivity contribution in [2.45, 2.75) is 0 Å². The van der Waals surface area contributed by atoms with Crippen molar-refractivity contribution in [3.63, 3.8) is 0 Å². The first kappa shape index (κ1) is 9.21. The molecular weight excluding hydrogens is 244 g/mol. The zero-order valence-electron chi connectivity index (χ0n) is 7.20. The highest BCUT2D eigenvalue weighted by atomic mass is 79.9. The summed E-state index contributed by atoms with van der Waals surface area (Å²) in [6.07, 6.45) is 0.784. The van der Waals surface area contributed by atoms with E-state index < -0.39 is 0 Å². The number of carbonyl (C=O) groups is 1. The summed E-state index contributed by atoms with van der Waals surface area (Å²) in [4.78, 5) is 10.8. The average Bonchev–Trinajstić information content (AvgIpc) is 2.17. The highest BCUT2D eigenvalue weighted by molar-refractivity contribution is 9.10. The lowest BCUT2D eigenvalue weighted by Gasteiger charge is -2.02. The summed E-state index contributed by atoms with van der Waals surface area (Å²) >= 11 is 3.32. The van der Waals surface area contributed by atoms with E-state index >= 15 is 0 Å². The Hall–Kier alpha value is -1.35. The molecule has 0 heterocycles. The van der Waals surface area contributed by atoms with Crippen LogP contribution in [0.1, 0.15) is 10.4 Å². The van der Waals surface area contributed by atoms with Gasteiger partial charge in [0, 0.05) is 10.0 Å². The fourth-order valence-corrected chi connectivity index (χ4v) is 1.93. The first-order valence-corrected chi connectivity index (χ1v) is 4.87. The van der Waals surface area contributed by atoms with Gasteiger partial charge < -0.3 is 5.11 Å². The molecule has 70 valence electrons. The molecule has 0 aromatic heterocycles. The predicted molar refractivity (Wildman–Crippen MR) is 58.7 cm³/mol. The minimum atomic E-state index is 0.169. The molecule has 0 aliphatic heterocycles. The molecule has 2 aromatic carbocycles. The molecule has 2 nitrogen and oxygen atoms in total. The second-order valence-electron chi connectivity index (χ2n) is 3.02. The molecule has 0 saturated carbocycles. The minimum Gasteiger partial charge on any atom is -0.508 e. The first-order chi connectivity index (χ1) is 6.70. The van der Waals surface area contributed by atoms with Crippen molar-refractivity contribution < 1.29 is 9.90 Å². The average molecular weight is 251 g/mol. The van der Waals surface area contributed by atoms with E-state index in [9.17, 15) is 9.90 Å². The number of fused-ring (bicyclic) bond motifs is 1. The molecule has 0 aliphatic rings. The van der Waals surface area contributed by atoms with E-state index in [0.717, 1.165) is 21.5 Å². The number of benzene rings is 2. The van der Waals surface area contributed by atoms with Gasteiger partial charge in [0.05, 0.1) is 0 Å². The van der Waals surface area contributed by atoms with E-state index in [4.69, 9.17) is 0 Å². The largest absolute Gasteiger partial charge is 0.508 e. The molecule has 0 aliphatic carbocycles. The van der Waals surface area contributed by atoms with Crippen molar-refractivity contribution in [1.29, 1.82) is 0 Å². The molecule has 1 N–H and O–H groups in total. The van der Waals surface area contributed by atoms with E-state index in [2.05, 4.69) is 15.9 Å². The summed E-state index contributed by atoms with van der Waals surface area (Å²) in [6, 6.07) is 8.60. The number of phenolic OH excluding ortho intramolecular Hbond substituents is 1. The zero-order chi connectivity index (χ0) is 10.1. The summed E-state index contributed by atoms with van der Waals surface area (Å²) in [5.74, 6) is 0.169. The number of rotatable bonds is 1. The van der Waals surface area contributed by atoms with Crippen LogP contribution in [0.25, 0.3) is 10.8 Å². The quantitative estimate of drug-likeness (QED) is 0.790. The Morgan fingerprint density at radius 1 is 1.21 bits per heavy atom. The van der Waals surface area contributed by atoms with Crippen LogP contribution in [0, 0.1) is 0 Å². The Labute approximate surface area is 89.3 Å². The van der Waals surface area contributed by atoms with Crippen LogP contribution in [-0.4, -0.2) is 11.4 Å². The van der Waals surface area contributed by atoms with Gasteiger partial charge in [0.1, 0.15) is 5.75 Å². The Balaban J connectivity index is 2.88. The third kappa shape index (κ3) is 1.51. The van der Waals surface area contributed by atoms with E-state index in [0.29, 0.717) is 5.56 Å². The second-order valence-corrected chi connectivity index (χ2v) is 3.93. The fourth-order valence-electron chi connectivity index (χ4n) is 1.43. The molecule has 0 radical (unpaired) electrons. The Kier molecular flexibility index (Phi) is 2.25. The summed E-state index contributed by atoms with van der Waals surface area (Å²) in [6.45, 7) is 0. The molecule has 0 bridgehead atoms. The molecule has 0 amide bonds. The highest BCUT2D eigenvalue weighted by Gasteiger charge is 2.02. The lowest BCUT2D eigenvalue weighted by molar-refractivity contribution is 0.112. The number of hydrogen-bond donors (Lipinski definition) is 1. The third-order valence-corrected chi connectivity index (χ3v) is 2.52. The summed E-state index contributed by atoms with van der Waals surface area (Å²) in [5.41, 5.74) is 0.574. The van der Waals surface area contributed by atoms with Crippen molar-refractivity contribution in [2.24, 2.45) is 0 Å². The molecule has 0 atom stereocenters. The van der Waals surface area contributed by atoms with E-state index in [1.165, 1.54) is 0 Å². The van der Waals surface area contributed by atoms with Crippen molar-refractivity contribution in [3.8, 4) is 5.75 Å². The SMILES string of the molecule is O=Cc1cc(Br)cc2ccc(O)cc12. The monoisotopic (exact) mass is 250 g/mol. The second kappa shape index (κ2) is 3.42. The first-order valence-electron chi connectivity index (χ1n) is 4.08. The lowest BCUT2D eigenvalue weighted by atomic mass is 10.1. The van der Waals surface area contributed by atoms with Gasteiger partial charge in [0.2, 0.25) is 0 Å². The Morgan fingerprint density at radius 3 is 2.71 bits per heavy atom. The molecule has 0 unspecified atom stereocenters. The molecule has 0 saturated heterocycles. The molecule has 0 fully saturated rings. The highest BCUT2D eigenvalue weighted by Crippen LogP contribution is 2.26. The number of aromatic hydroxyl groups is 1. The van der Waals surface area contributed by atoms with Crippen molar-refractivity contribution >= 4 is 33.0 Å². The smallest absolute Gasteiger partial charge is 0.150 e. The van der Waals surface area contributed by atoms with Crippen LogP contribution in [0.15, 0.2) is 34.8 Å². The van der Waals surface area contributed by atoms with E-state index in [-0.39, 0.29) is 5.75 Å². The minimum absolute atomic E-state index is 0.169. The van der Waals surface area contributed by atoms with Crippen LogP contribution in [0.4, 0.5) is 0 Å². The predicted octanol–water partition coefficient (Wildman–Crippen LogP) is 3.12. The number of hydrogen-bond acceptors (Lipinski definition) is 2. The molecule has 0 spiro atoms. The number of phenols is 1. The van der Waals surface area contributed by atoms with Crippen molar-refractivity contribution in [3.05, 3.63) is 40.4 Å². The summed E-state index contributed by atoms with van der Waals surface area (Å²) in [5, 5.41) is 11.0. The van der Waals surface area contributed by atoms with E-state index in [1.807, 2.05) is 6.07 Å². The third-order valence-electron chi connectivity index (χ3n) is 2.06. The number of halogens is 1. The van der Waals surface area contributed by atoms with Gasteiger partial charge >= 0.3 is 0 Å². The maximum atomic E-state index is 10.8. The maximum Gasteiger partial charge on any atom is 0.150 e. The summed E-state index contributed by atoms with van der Waals surface area (Å²) < 4.78 is 0.859.